The van der Waals surface area contributed by atoms with E-state index in [1.165, 1.54) is 18.6 Å². The first-order chi connectivity index (χ1) is 43.1. The summed E-state index contributed by atoms with van der Waals surface area (Å²) in [5.74, 6) is 1.38. The second-order valence-electron chi connectivity index (χ2n) is 30.2. The SMILES string of the molecule is CC(=O)C1CCCN1C(=O)NC(C)(C)C.CC(=O)CNC(=O)NC(C)(C)C.CC(=O)c1cccc(NC(C)(C)C)n1.CC(C)(C)NC(=O)NCC1=CCC=N1.CCCNC(=O)NC(C)(C)C.CN(C)CCNC(=O)NC(C)(C)C.Cn1nnc(CCNC(=O)NC(C)(C)C)n1. The topological polar surface area (TPSA) is 373 Å². The molecule has 12 N–H and O–H groups in total. The number of likely N-dealkylation sites (N-methyl/N-ethyl adjacent to an activating group) is 1. The van der Waals surface area contributed by atoms with Crippen molar-refractivity contribution >= 4 is 65.6 Å². The highest BCUT2D eigenvalue weighted by Crippen LogP contribution is 2.19. The molecule has 1 unspecified atom stereocenters. The highest BCUT2D eigenvalue weighted by molar-refractivity contribution is 5.92. The molecule has 2 aliphatic rings. The molecule has 0 radical (unpaired) electrons. The fourth-order valence-corrected chi connectivity index (χ4v) is 7.08. The van der Waals surface area contributed by atoms with Crippen LogP contribution in [0.15, 0.2) is 35.0 Å². The van der Waals surface area contributed by atoms with Crippen LogP contribution in [0, 0.1) is 0 Å². The van der Waals surface area contributed by atoms with Crippen LogP contribution in [0.4, 0.5) is 34.6 Å². The molecule has 95 heavy (non-hydrogen) atoms. The molecule has 2 aromatic heterocycles. The number of carbonyl (C=O) groups excluding carboxylic acids is 9. The van der Waals surface area contributed by atoms with Gasteiger partial charge in [0.15, 0.2) is 17.4 Å². The molecule has 0 spiro atoms. The average molecular weight is 1340 g/mol. The van der Waals surface area contributed by atoms with Crippen LogP contribution >= 0.6 is 0 Å². The summed E-state index contributed by atoms with van der Waals surface area (Å²) >= 11 is 0. The molecule has 4 heterocycles. The molecule has 1 fully saturated rings. The Balaban J connectivity index is -0.00000104. The molecule has 29 nitrogen and oxygen atoms in total. The van der Waals surface area contributed by atoms with E-state index in [0.717, 1.165) is 50.3 Å². The van der Waals surface area contributed by atoms with Gasteiger partial charge in [0.1, 0.15) is 17.3 Å². The fourth-order valence-electron chi connectivity index (χ4n) is 7.08. The lowest BCUT2D eigenvalue weighted by atomic mass is 10.1. The maximum atomic E-state index is 11.8. The van der Waals surface area contributed by atoms with Crippen LogP contribution in [-0.4, -0.2) is 199 Å². The second-order valence-corrected chi connectivity index (χ2v) is 30.2. The predicted octanol–water partition coefficient (Wildman–Crippen LogP) is 8.15. The van der Waals surface area contributed by atoms with Crippen LogP contribution in [0.3, 0.4) is 0 Å². The Morgan fingerprint density at radius 2 is 1.03 bits per heavy atom. The van der Waals surface area contributed by atoms with Gasteiger partial charge in [-0.3, -0.25) is 19.4 Å². The molecule has 1 saturated heterocycles. The number of nitrogens with one attached hydrogen (secondary N) is 12. The Labute approximate surface area is 568 Å². The van der Waals surface area contributed by atoms with Crippen LogP contribution in [0.2, 0.25) is 0 Å². The number of Topliss-reactive ketones (excluding diaryl/α,β-unsaturated/α-hetero) is 3. The quantitative estimate of drug-likeness (QED) is 0.0748. The number of hydrogen-bond donors (Lipinski definition) is 12. The van der Waals surface area contributed by atoms with Gasteiger partial charge in [-0.25, -0.2) is 33.8 Å². The molecule has 2 aromatic rings. The van der Waals surface area contributed by atoms with Gasteiger partial charge in [-0.15, -0.1) is 10.2 Å². The summed E-state index contributed by atoms with van der Waals surface area (Å²) in [5.41, 5.74) is 0.143. The zero-order valence-corrected chi connectivity index (χ0v) is 63.2. The Morgan fingerprint density at radius 1 is 0.579 bits per heavy atom. The highest BCUT2D eigenvalue weighted by Gasteiger charge is 2.33. The van der Waals surface area contributed by atoms with Crippen molar-refractivity contribution in [3.63, 3.8) is 0 Å². The summed E-state index contributed by atoms with van der Waals surface area (Å²) in [6.45, 7) is 51.5. The monoisotopic (exact) mass is 1340 g/mol. The lowest BCUT2D eigenvalue weighted by Crippen LogP contribution is -2.51. The van der Waals surface area contributed by atoms with Crippen molar-refractivity contribution in [2.45, 2.75) is 250 Å². The molecule has 0 saturated carbocycles. The van der Waals surface area contributed by atoms with E-state index in [4.69, 9.17) is 0 Å². The number of nitrogens with zero attached hydrogens (tertiary/aromatic N) is 8. The van der Waals surface area contributed by atoms with Crippen molar-refractivity contribution in [2.75, 3.05) is 65.2 Å². The van der Waals surface area contributed by atoms with Gasteiger partial charge in [0.2, 0.25) is 0 Å². The van der Waals surface area contributed by atoms with Crippen LogP contribution in [-0.2, 0) is 23.1 Å². The predicted molar refractivity (Wildman–Crippen MR) is 381 cm³/mol. The van der Waals surface area contributed by atoms with Gasteiger partial charge in [0, 0.05) is 97.5 Å². The van der Waals surface area contributed by atoms with E-state index in [-0.39, 0.29) is 105 Å². The number of aromatic nitrogens is 5. The van der Waals surface area contributed by atoms with Gasteiger partial charge < -0.3 is 73.6 Å². The van der Waals surface area contributed by atoms with E-state index >= 15 is 0 Å². The van der Waals surface area contributed by atoms with Crippen molar-refractivity contribution in [3.8, 4) is 0 Å². The summed E-state index contributed by atoms with van der Waals surface area (Å²) in [4.78, 5) is 114. The van der Waals surface area contributed by atoms with Crippen molar-refractivity contribution in [3.05, 3.63) is 41.5 Å². The Morgan fingerprint density at radius 3 is 1.41 bits per heavy atom. The van der Waals surface area contributed by atoms with Crippen molar-refractivity contribution in [1.82, 2.24) is 93.5 Å². The molecular weight excluding hydrogens is 1220 g/mol. The summed E-state index contributed by atoms with van der Waals surface area (Å²) < 4.78 is 0. The fraction of sp³-hybridized carbons (Fsp3) is 0.727. The van der Waals surface area contributed by atoms with Gasteiger partial charge in [0.25, 0.3) is 0 Å². The van der Waals surface area contributed by atoms with Gasteiger partial charge in [-0.05, 0) is 210 Å². The van der Waals surface area contributed by atoms with E-state index in [9.17, 15) is 43.2 Å². The number of carbonyl (C=O) groups is 9. The van der Waals surface area contributed by atoms with E-state index < -0.39 is 0 Å². The lowest BCUT2D eigenvalue weighted by Gasteiger charge is -2.28. The van der Waals surface area contributed by atoms with Crippen molar-refractivity contribution in [2.24, 2.45) is 12.0 Å². The number of likely N-dealkylation sites (tertiary alicyclic amines) is 1. The number of pyridine rings is 1. The van der Waals surface area contributed by atoms with E-state index in [1.54, 1.807) is 24.9 Å². The van der Waals surface area contributed by atoms with Gasteiger partial charge in [-0.1, -0.05) is 19.1 Å². The molecule has 4 rings (SSSR count). The van der Waals surface area contributed by atoms with Gasteiger partial charge in [0.05, 0.1) is 31.9 Å². The molecule has 0 aliphatic carbocycles. The third kappa shape index (κ3) is 59.5. The van der Waals surface area contributed by atoms with Crippen LogP contribution in [0.25, 0.3) is 0 Å². The number of ketones is 3. The smallest absolute Gasteiger partial charge is 0.318 e. The van der Waals surface area contributed by atoms with E-state index in [2.05, 4.69) is 110 Å². The minimum atomic E-state index is -0.308. The molecule has 544 valence electrons. The summed E-state index contributed by atoms with van der Waals surface area (Å²) in [6, 6.07) is 4.24. The number of anilines is 1. The van der Waals surface area contributed by atoms with Gasteiger partial charge in [-0.2, -0.15) is 4.80 Å². The normalized spacial score (nSPS) is 13.4. The minimum Gasteiger partial charge on any atom is -0.365 e. The zero-order valence-electron chi connectivity index (χ0n) is 63.2. The maximum Gasteiger partial charge on any atom is 0.318 e. The number of aliphatic imine (C=N–C) groups is 1. The first-order valence-corrected chi connectivity index (χ1v) is 32.4. The molecule has 1 atom stereocenters. The van der Waals surface area contributed by atoms with Crippen LogP contribution in [0.1, 0.15) is 215 Å². The number of tetrazole rings is 1. The van der Waals surface area contributed by atoms with Crippen molar-refractivity contribution in [1.29, 1.82) is 0 Å². The minimum absolute atomic E-state index is 0.0115. The summed E-state index contributed by atoms with van der Waals surface area (Å²) in [7, 11) is 5.66. The van der Waals surface area contributed by atoms with Crippen LogP contribution in [0.5, 0.6) is 0 Å². The Kier molecular flexibility index (Phi) is 42.1. The lowest BCUT2D eigenvalue weighted by molar-refractivity contribution is -0.120. The first kappa shape index (κ1) is 91.2. The standard InChI is InChI=1S/C11H20N2O2.C11H16N2O.C10H17N3O.C9H18N6O.C9H21N3O.C8H16N2O2.C8H18N2O/c1-8(14)9-6-5-7-13(9)10(15)12-11(2,3)4;1-8(14)9-6-5-7-10(12-9)13-11(2,3)4;1-10(2,3)13-9(14)12-7-8-5-4-6-11-8;1-9(2,3)11-8(16)10-6-5-7-12-14-15(4)13-7;1-9(2,3)11-8(13)10-6-7-12(4)5;1-6(11)5-9-7(12)10-8(2,3)4;1-5-6-9-7(11)10-8(2,3)4/h9H,5-7H2,1-4H3,(H,12,15);5-7H,1-4H3,(H,12,13);5-6H,4,7H2,1-3H3,(H2,12,13,14);5-6H2,1-4H3,(H2,10,11,16);6-7H2,1-5H3,(H2,10,11,13);5H2,1-4H3,(H2,9,10,12);5-6H2,1-4H3,(H2,9,10,11). The number of rotatable bonds is 15. The number of urea groups is 6. The van der Waals surface area contributed by atoms with E-state index in [1.807, 2.05) is 175 Å². The molecule has 0 aromatic carbocycles. The number of hydrogen-bond acceptors (Lipinski definition) is 16. The number of allylic oxidation sites excluding steroid dienone is 1. The van der Waals surface area contributed by atoms with E-state index in [0.29, 0.717) is 44.1 Å². The van der Waals surface area contributed by atoms with Crippen molar-refractivity contribution < 1.29 is 43.2 Å². The summed E-state index contributed by atoms with van der Waals surface area (Å²) in [5, 5.41) is 45.0. The largest absolute Gasteiger partial charge is 0.365 e. The Hall–Kier alpha value is -7.98. The number of aryl methyl sites for hydroxylation is 1. The van der Waals surface area contributed by atoms with Crippen LogP contribution < -0.4 is 63.8 Å². The third-order valence-corrected chi connectivity index (χ3v) is 10.7. The molecule has 0 bridgehead atoms. The highest BCUT2D eigenvalue weighted by atomic mass is 16.2. The molecule has 12 amide bonds. The zero-order chi connectivity index (χ0) is 74.4. The molecule has 29 heteroatoms. The first-order valence-electron chi connectivity index (χ1n) is 32.4. The second kappa shape index (κ2) is 43.9. The maximum absolute atomic E-state index is 11.8. The number of amides is 12. The summed E-state index contributed by atoms with van der Waals surface area (Å²) in [6.07, 6.45) is 7.96. The molecule has 2 aliphatic heterocycles. The molecular formula is C66H126N20O9. The average Bonchev–Trinajstić information content (AvgIpc) is 1.78. The third-order valence-electron chi connectivity index (χ3n) is 10.7. The van der Waals surface area contributed by atoms with Gasteiger partial charge >= 0.3 is 36.2 Å². The Bertz CT molecular complexity index is 2710.